The molecule has 1 heteroatoms. The van der Waals surface area contributed by atoms with E-state index in [2.05, 4.69) is 27.7 Å². The lowest BCUT2D eigenvalue weighted by Gasteiger charge is -2.47. The van der Waals surface area contributed by atoms with Gasteiger partial charge in [-0.2, -0.15) is 0 Å². The molecule has 0 heterocycles. The van der Waals surface area contributed by atoms with Gasteiger partial charge < -0.3 is 5.73 Å². The van der Waals surface area contributed by atoms with Crippen LogP contribution in [0.3, 0.4) is 0 Å². The molecule has 1 fully saturated rings. The lowest BCUT2D eigenvalue weighted by molar-refractivity contribution is 0.0853. The van der Waals surface area contributed by atoms with Gasteiger partial charge in [0.1, 0.15) is 0 Å². The summed E-state index contributed by atoms with van der Waals surface area (Å²) in [5.41, 5.74) is 6.63. The molecule has 1 rings (SSSR count). The van der Waals surface area contributed by atoms with E-state index in [-0.39, 0.29) is 5.54 Å². The van der Waals surface area contributed by atoms with Gasteiger partial charge in [-0.05, 0) is 31.1 Å². The zero-order valence-corrected chi connectivity index (χ0v) is 8.28. The summed E-state index contributed by atoms with van der Waals surface area (Å²) in [6, 6.07) is 0. The molecule has 0 aliphatic heterocycles. The number of hydrogen-bond donors (Lipinski definition) is 1. The first kappa shape index (κ1) is 9.05. The summed E-state index contributed by atoms with van der Waals surface area (Å²) >= 11 is 0. The Kier molecular flexibility index (Phi) is 2.04. The fourth-order valence-corrected chi connectivity index (χ4v) is 2.00. The van der Waals surface area contributed by atoms with Gasteiger partial charge in [-0.15, -0.1) is 0 Å². The minimum atomic E-state index is 0.0463. The van der Waals surface area contributed by atoms with Crippen molar-refractivity contribution in [3.05, 3.63) is 0 Å². The van der Waals surface area contributed by atoms with Crippen molar-refractivity contribution in [3.8, 4) is 0 Å². The van der Waals surface area contributed by atoms with Crippen LogP contribution in [0.1, 0.15) is 47.0 Å². The molecule has 1 aliphatic rings. The van der Waals surface area contributed by atoms with Gasteiger partial charge in [0.25, 0.3) is 0 Å². The quantitative estimate of drug-likeness (QED) is 0.571. The minimum absolute atomic E-state index is 0.0463. The monoisotopic (exact) mass is 155 g/mol. The lowest BCUT2D eigenvalue weighted by atomic mass is 9.62. The Hall–Kier alpha value is -0.0400. The van der Waals surface area contributed by atoms with E-state index in [4.69, 9.17) is 5.73 Å². The van der Waals surface area contributed by atoms with E-state index in [0.717, 1.165) is 5.92 Å². The first-order valence-corrected chi connectivity index (χ1v) is 4.64. The first-order valence-electron chi connectivity index (χ1n) is 4.64. The van der Waals surface area contributed by atoms with E-state index in [1.165, 1.54) is 19.3 Å². The summed E-state index contributed by atoms with van der Waals surface area (Å²) in [6.07, 6.45) is 3.81. The molecule has 11 heavy (non-hydrogen) atoms. The third-order valence-electron chi connectivity index (χ3n) is 3.58. The van der Waals surface area contributed by atoms with Crippen LogP contribution in [0.4, 0.5) is 0 Å². The third kappa shape index (κ3) is 1.58. The molecule has 2 unspecified atom stereocenters. The Labute approximate surface area is 70.4 Å². The third-order valence-corrected chi connectivity index (χ3v) is 3.58. The molecule has 0 aromatic carbocycles. The van der Waals surface area contributed by atoms with Crippen LogP contribution in [0.2, 0.25) is 0 Å². The molecule has 66 valence electrons. The number of rotatable bonds is 0. The summed E-state index contributed by atoms with van der Waals surface area (Å²) < 4.78 is 0. The van der Waals surface area contributed by atoms with Crippen molar-refractivity contribution in [2.24, 2.45) is 17.1 Å². The van der Waals surface area contributed by atoms with Crippen molar-refractivity contribution >= 4 is 0 Å². The maximum atomic E-state index is 6.25. The SMILES string of the molecule is CC1CCC(C)(C)C(C)(N)C1. The van der Waals surface area contributed by atoms with Gasteiger partial charge in [-0.1, -0.05) is 27.2 Å². The molecular weight excluding hydrogens is 134 g/mol. The summed E-state index contributed by atoms with van der Waals surface area (Å²) in [7, 11) is 0. The Morgan fingerprint density at radius 1 is 1.27 bits per heavy atom. The van der Waals surface area contributed by atoms with Gasteiger partial charge in [0.2, 0.25) is 0 Å². The highest BCUT2D eigenvalue weighted by Crippen LogP contribution is 2.43. The molecule has 2 N–H and O–H groups in total. The molecule has 1 saturated carbocycles. The van der Waals surface area contributed by atoms with Gasteiger partial charge >= 0.3 is 0 Å². The van der Waals surface area contributed by atoms with Crippen LogP contribution in [-0.2, 0) is 0 Å². The topological polar surface area (TPSA) is 26.0 Å². The zero-order chi connectivity index (χ0) is 8.70. The molecule has 1 nitrogen and oxygen atoms in total. The van der Waals surface area contributed by atoms with Crippen LogP contribution >= 0.6 is 0 Å². The Balaban J connectivity index is 2.72. The molecular formula is C10H21N. The highest BCUT2D eigenvalue weighted by atomic mass is 14.8. The summed E-state index contributed by atoms with van der Waals surface area (Å²) in [6.45, 7) is 9.08. The molecule has 0 radical (unpaired) electrons. The fourth-order valence-electron chi connectivity index (χ4n) is 2.00. The predicted octanol–water partition coefficient (Wildman–Crippen LogP) is 2.55. The van der Waals surface area contributed by atoms with E-state index in [1.54, 1.807) is 0 Å². The van der Waals surface area contributed by atoms with Crippen LogP contribution in [0.5, 0.6) is 0 Å². The molecule has 2 atom stereocenters. The van der Waals surface area contributed by atoms with Crippen molar-refractivity contribution in [2.75, 3.05) is 0 Å². The van der Waals surface area contributed by atoms with Gasteiger partial charge in [-0.3, -0.25) is 0 Å². The van der Waals surface area contributed by atoms with Crippen molar-refractivity contribution in [1.82, 2.24) is 0 Å². The minimum Gasteiger partial charge on any atom is -0.325 e. The Bertz CT molecular complexity index is 147. The molecule has 0 aromatic heterocycles. The van der Waals surface area contributed by atoms with Crippen molar-refractivity contribution in [1.29, 1.82) is 0 Å². The van der Waals surface area contributed by atoms with E-state index in [0.29, 0.717) is 5.41 Å². The van der Waals surface area contributed by atoms with Crippen LogP contribution < -0.4 is 5.73 Å². The Morgan fingerprint density at radius 3 is 2.18 bits per heavy atom. The van der Waals surface area contributed by atoms with Gasteiger partial charge in [0, 0.05) is 5.54 Å². The molecule has 0 saturated heterocycles. The van der Waals surface area contributed by atoms with Crippen LogP contribution in [0.25, 0.3) is 0 Å². The smallest absolute Gasteiger partial charge is 0.0180 e. The van der Waals surface area contributed by atoms with Crippen LogP contribution in [0.15, 0.2) is 0 Å². The Morgan fingerprint density at radius 2 is 1.82 bits per heavy atom. The number of nitrogens with two attached hydrogens (primary N) is 1. The van der Waals surface area contributed by atoms with Gasteiger partial charge in [-0.25, -0.2) is 0 Å². The van der Waals surface area contributed by atoms with Crippen molar-refractivity contribution in [3.63, 3.8) is 0 Å². The summed E-state index contributed by atoms with van der Waals surface area (Å²) in [5.74, 6) is 0.818. The van der Waals surface area contributed by atoms with E-state index >= 15 is 0 Å². The van der Waals surface area contributed by atoms with E-state index in [1.807, 2.05) is 0 Å². The first-order chi connectivity index (χ1) is 4.85. The zero-order valence-electron chi connectivity index (χ0n) is 8.28. The maximum Gasteiger partial charge on any atom is 0.0180 e. The molecule has 1 aliphatic carbocycles. The highest BCUT2D eigenvalue weighted by Gasteiger charge is 2.41. The fraction of sp³-hybridized carbons (Fsp3) is 1.00. The van der Waals surface area contributed by atoms with E-state index in [9.17, 15) is 0 Å². The van der Waals surface area contributed by atoms with E-state index < -0.39 is 0 Å². The standard InChI is InChI=1S/C10H21N/c1-8-5-6-9(2,3)10(4,11)7-8/h8H,5-7,11H2,1-4H3. The molecule has 0 bridgehead atoms. The van der Waals surface area contributed by atoms with Crippen LogP contribution in [0, 0.1) is 11.3 Å². The molecule has 0 aromatic rings. The van der Waals surface area contributed by atoms with Crippen molar-refractivity contribution in [2.45, 2.75) is 52.5 Å². The molecule has 0 spiro atoms. The van der Waals surface area contributed by atoms with Gasteiger partial charge in [0.05, 0.1) is 0 Å². The average Bonchev–Trinajstić information content (AvgIpc) is 1.80. The largest absolute Gasteiger partial charge is 0.325 e. The van der Waals surface area contributed by atoms with Crippen molar-refractivity contribution < 1.29 is 0 Å². The normalized spacial score (nSPS) is 43.9. The second-order valence-electron chi connectivity index (χ2n) is 5.15. The lowest BCUT2D eigenvalue weighted by Crippen LogP contribution is -2.53. The summed E-state index contributed by atoms with van der Waals surface area (Å²) in [5, 5.41) is 0. The second kappa shape index (κ2) is 2.48. The average molecular weight is 155 g/mol. The molecule has 0 amide bonds. The number of hydrogen-bond acceptors (Lipinski definition) is 1. The van der Waals surface area contributed by atoms with Crippen LogP contribution in [-0.4, -0.2) is 5.54 Å². The maximum absolute atomic E-state index is 6.25. The summed E-state index contributed by atoms with van der Waals surface area (Å²) in [4.78, 5) is 0. The highest BCUT2D eigenvalue weighted by molar-refractivity contribution is 4.98. The predicted molar refractivity (Wildman–Crippen MR) is 49.4 cm³/mol. The van der Waals surface area contributed by atoms with Gasteiger partial charge in [0.15, 0.2) is 0 Å². The second-order valence-corrected chi connectivity index (χ2v) is 5.15.